The minimum absolute atomic E-state index is 0.101. The van der Waals surface area contributed by atoms with Crippen LogP contribution in [0.15, 0.2) is 0 Å². The summed E-state index contributed by atoms with van der Waals surface area (Å²) >= 11 is 0. The zero-order chi connectivity index (χ0) is 20.9. The molecule has 0 spiro atoms. The molecule has 0 atom stereocenters. The van der Waals surface area contributed by atoms with Crippen molar-refractivity contribution in [2.24, 2.45) is 5.92 Å². The highest BCUT2D eigenvalue weighted by Gasteiger charge is 2.20. The molecular formula is C23H43N3O3. The number of nitrogens with zero attached hydrogens (tertiary/aromatic N) is 3. The summed E-state index contributed by atoms with van der Waals surface area (Å²) in [6.07, 6.45) is 10.4. The molecule has 6 nitrogen and oxygen atoms in total. The van der Waals surface area contributed by atoms with Crippen molar-refractivity contribution in [3.63, 3.8) is 0 Å². The van der Waals surface area contributed by atoms with Crippen molar-refractivity contribution in [2.45, 2.75) is 71.1 Å². The molecule has 2 heterocycles. The summed E-state index contributed by atoms with van der Waals surface area (Å²) in [5, 5.41) is 0. The fraction of sp³-hybridized carbons (Fsp3) is 0.913. The van der Waals surface area contributed by atoms with Gasteiger partial charge in [0.05, 0.1) is 13.0 Å². The first-order valence-electron chi connectivity index (χ1n) is 11.9. The molecule has 0 unspecified atom stereocenters. The molecule has 0 aromatic carbocycles. The van der Waals surface area contributed by atoms with Crippen molar-refractivity contribution in [2.75, 3.05) is 59.5 Å². The molecule has 29 heavy (non-hydrogen) atoms. The zero-order valence-electron chi connectivity index (χ0n) is 18.9. The van der Waals surface area contributed by atoms with E-state index >= 15 is 0 Å². The van der Waals surface area contributed by atoms with Crippen LogP contribution >= 0.6 is 0 Å². The van der Waals surface area contributed by atoms with E-state index in [4.69, 9.17) is 4.74 Å². The van der Waals surface area contributed by atoms with Crippen LogP contribution in [0, 0.1) is 5.92 Å². The van der Waals surface area contributed by atoms with E-state index in [0.29, 0.717) is 26.0 Å². The highest BCUT2D eigenvalue weighted by atomic mass is 16.5. The Labute approximate surface area is 177 Å². The summed E-state index contributed by atoms with van der Waals surface area (Å²) in [5.41, 5.74) is 0. The van der Waals surface area contributed by atoms with Crippen molar-refractivity contribution in [3.05, 3.63) is 0 Å². The maximum absolute atomic E-state index is 12.0. The van der Waals surface area contributed by atoms with Crippen molar-refractivity contribution >= 4 is 11.9 Å². The molecule has 2 aliphatic rings. The van der Waals surface area contributed by atoms with Gasteiger partial charge in [0.25, 0.3) is 0 Å². The molecule has 2 saturated heterocycles. The van der Waals surface area contributed by atoms with Crippen LogP contribution in [0.2, 0.25) is 0 Å². The van der Waals surface area contributed by atoms with Crippen LogP contribution in [0.4, 0.5) is 0 Å². The number of carbonyl (C=O) groups excluding carboxylic acids is 2. The number of hydrogen-bond donors (Lipinski definition) is 0. The highest BCUT2D eigenvalue weighted by molar-refractivity contribution is 5.76. The summed E-state index contributed by atoms with van der Waals surface area (Å²) < 4.78 is 5.37. The second-order valence-corrected chi connectivity index (χ2v) is 8.89. The van der Waals surface area contributed by atoms with Gasteiger partial charge in [0, 0.05) is 26.1 Å². The molecule has 0 saturated carbocycles. The molecule has 0 aromatic heterocycles. The third kappa shape index (κ3) is 9.94. The summed E-state index contributed by atoms with van der Waals surface area (Å²) in [5.74, 6) is 1.00. The Balaban J connectivity index is 1.46. The molecule has 2 rings (SSSR count). The normalized spacial score (nSPS) is 19.1. The van der Waals surface area contributed by atoms with Gasteiger partial charge in [0.1, 0.15) is 0 Å². The molecule has 168 valence electrons. The minimum Gasteiger partial charge on any atom is -0.466 e. The topological polar surface area (TPSA) is 53.1 Å². The monoisotopic (exact) mass is 409 g/mol. The lowest BCUT2D eigenvalue weighted by Crippen LogP contribution is -2.36. The highest BCUT2D eigenvalue weighted by Crippen LogP contribution is 2.22. The number of ether oxygens (including phenoxy) is 1. The third-order valence-corrected chi connectivity index (χ3v) is 6.35. The van der Waals surface area contributed by atoms with E-state index < -0.39 is 0 Å². The number of rotatable bonds is 13. The van der Waals surface area contributed by atoms with Gasteiger partial charge in [0.2, 0.25) is 5.91 Å². The number of piperidine rings is 2. The van der Waals surface area contributed by atoms with Gasteiger partial charge >= 0.3 is 5.97 Å². The molecular weight excluding hydrogens is 366 g/mol. The van der Waals surface area contributed by atoms with E-state index in [-0.39, 0.29) is 11.9 Å². The fourth-order valence-electron chi connectivity index (χ4n) is 4.50. The molecule has 0 aliphatic carbocycles. The average molecular weight is 410 g/mol. The minimum atomic E-state index is -0.101. The Morgan fingerprint density at radius 3 is 2.62 bits per heavy atom. The maximum atomic E-state index is 12.0. The van der Waals surface area contributed by atoms with Gasteiger partial charge in [-0.3, -0.25) is 9.59 Å². The Morgan fingerprint density at radius 1 is 1.10 bits per heavy atom. The Morgan fingerprint density at radius 2 is 1.90 bits per heavy atom. The second kappa shape index (κ2) is 14.0. The lowest BCUT2D eigenvalue weighted by atomic mass is 9.92. The lowest BCUT2D eigenvalue weighted by molar-refractivity contribution is -0.144. The van der Waals surface area contributed by atoms with Crippen molar-refractivity contribution < 1.29 is 14.3 Å². The molecule has 0 aromatic rings. The second-order valence-electron chi connectivity index (χ2n) is 8.89. The van der Waals surface area contributed by atoms with Gasteiger partial charge in [-0.15, -0.1) is 0 Å². The zero-order valence-corrected chi connectivity index (χ0v) is 18.9. The van der Waals surface area contributed by atoms with Crippen LogP contribution in [-0.4, -0.2) is 86.0 Å². The SMILES string of the molecule is CCCN(C)CCCC1CCN(CCC(=O)OCCCN2CCCCC2=O)CC1. The molecule has 6 heteroatoms. The number of amides is 1. The quantitative estimate of drug-likeness (QED) is 0.345. The van der Waals surface area contributed by atoms with Gasteiger partial charge in [0.15, 0.2) is 0 Å². The third-order valence-electron chi connectivity index (χ3n) is 6.35. The largest absolute Gasteiger partial charge is 0.466 e. The number of hydrogen-bond acceptors (Lipinski definition) is 5. The van der Waals surface area contributed by atoms with Gasteiger partial charge in [-0.1, -0.05) is 6.92 Å². The van der Waals surface area contributed by atoms with Crippen LogP contribution in [0.5, 0.6) is 0 Å². The standard InChI is InChI=1S/C23H43N3O3/c1-3-13-24(2)14-6-8-21-10-17-25(18-11-21)19-12-23(28)29-20-7-16-26-15-5-4-9-22(26)27/h21H,3-20H2,1-2H3. The Bertz CT molecular complexity index is 478. The summed E-state index contributed by atoms with van der Waals surface area (Å²) in [6.45, 7) is 9.69. The van der Waals surface area contributed by atoms with E-state index in [0.717, 1.165) is 51.4 Å². The smallest absolute Gasteiger partial charge is 0.307 e. The van der Waals surface area contributed by atoms with Crippen molar-refractivity contribution in [3.8, 4) is 0 Å². The molecule has 0 radical (unpaired) electrons. The Kier molecular flexibility index (Phi) is 11.6. The molecule has 2 fully saturated rings. The Hall–Kier alpha value is -1.14. The molecule has 0 bridgehead atoms. The predicted octanol–water partition coefficient (Wildman–Crippen LogP) is 3.16. The summed E-state index contributed by atoms with van der Waals surface area (Å²) in [4.78, 5) is 30.5. The van der Waals surface area contributed by atoms with E-state index in [2.05, 4.69) is 23.8 Å². The number of carbonyl (C=O) groups is 2. The van der Waals surface area contributed by atoms with Crippen LogP contribution in [0.25, 0.3) is 0 Å². The summed E-state index contributed by atoms with van der Waals surface area (Å²) in [7, 11) is 2.22. The first-order valence-corrected chi connectivity index (χ1v) is 11.9. The fourth-order valence-corrected chi connectivity index (χ4v) is 4.50. The van der Waals surface area contributed by atoms with Crippen LogP contribution < -0.4 is 0 Å². The first kappa shape index (κ1) is 24.1. The van der Waals surface area contributed by atoms with Gasteiger partial charge in [-0.05, 0) is 90.5 Å². The predicted molar refractivity (Wildman–Crippen MR) is 117 cm³/mol. The molecule has 2 aliphatic heterocycles. The first-order chi connectivity index (χ1) is 14.1. The van der Waals surface area contributed by atoms with E-state index in [1.165, 1.54) is 45.2 Å². The maximum Gasteiger partial charge on any atom is 0.307 e. The van der Waals surface area contributed by atoms with E-state index in [1.54, 1.807) is 0 Å². The number of likely N-dealkylation sites (tertiary alicyclic amines) is 2. The molecule has 1 amide bonds. The van der Waals surface area contributed by atoms with Crippen LogP contribution in [0.3, 0.4) is 0 Å². The van der Waals surface area contributed by atoms with Gasteiger partial charge in [-0.2, -0.15) is 0 Å². The summed E-state index contributed by atoms with van der Waals surface area (Å²) in [6, 6.07) is 0. The van der Waals surface area contributed by atoms with Crippen LogP contribution in [-0.2, 0) is 14.3 Å². The van der Waals surface area contributed by atoms with E-state index in [1.807, 2.05) is 4.90 Å². The lowest BCUT2D eigenvalue weighted by Gasteiger charge is -2.32. The average Bonchev–Trinajstić information content (AvgIpc) is 2.72. The van der Waals surface area contributed by atoms with Crippen molar-refractivity contribution in [1.82, 2.24) is 14.7 Å². The van der Waals surface area contributed by atoms with Crippen LogP contribution in [0.1, 0.15) is 71.1 Å². The van der Waals surface area contributed by atoms with Crippen molar-refractivity contribution in [1.29, 1.82) is 0 Å². The van der Waals surface area contributed by atoms with Gasteiger partial charge < -0.3 is 19.4 Å². The number of esters is 1. The van der Waals surface area contributed by atoms with E-state index in [9.17, 15) is 9.59 Å². The molecule has 0 N–H and O–H groups in total. The van der Waals surface area contributed by atoms with Gasteiger partial charge in [-0.25, -0.2) is 0 Å².